The van der Waals surface area contributed by atoms with Crippen molar-refractivity contribution in [3.05, 3.63) is 101 Å². The molecule has 0 fully saturated rings. The van der Waals surface area contributed by atoms with Gasteiger partial charge in [-0.3, -0.25) is 9.36 Å². The number of aromatic nitrogens is 3. The van der Waals surface area contributed by atoms with Gasteiger partial charge >= 0.3 is 0 Å². The fraction of sp³-hybridized carbons (Fsp3) is 0.0400. The number of amides is 1. The van der Waals surface area contributed by atoms with E-state index in [1.807, 2.05) is 77.4 Å². The summed E-state index contributed by atoms with van der Waals surface area (Å²) < 4.78 is 1.91. The lowest BCUT2D eigenvalue weighted by Gasteiger charge is -2.10. The topological polar surface area (TPSA) is 72.2 Å². The highest BCUT2D eigenvalue weighted by atomic mass is 35.5. The van der Waals surface area contributed by atoms with Crippen LogP contribution < -0.4 is 5.43 Å². The van der Waals surface area contributed by atoms with Crippen LogP contribution in [0.4, 0.5) is 0 Å². The second-order valence-electron chi connectivity index (χ2n) is 7.01. The predicted molar refractivity (Wildman–Crippen MR) is 139 cm³/mol. The quantitative estimate of drug-likeness (QED) is 0.178. The van der Waals surface area contributed by atoms with Gasteiger partial charge in [0.05, 0.1) is 17.0 Å². The van der Waals surface area contributed by atoms with Crippen LogP contribution in [0.5, 0.6) is 0 Å². The van der Waals surface area contributed by atoms with Gasteiger partial charge in [-0.1, -0.05) is 83.5 Å². The highest BCUT2D eigenvalue weighted by molar-refractivity contribution is 7.99. The summed E-state index contributed by atoms with van der Waals surface area (Å²) in [5.74, 6) is 0.464. The first-order valence-electron chi connectivity index (χ1n) is 10.2. The minimum atomic E-state index is -0.291. The molecule has 1 heterocycles. The molecule has 4 rings (SSSR count). The molecule has 0 aliphatic heterocycles. The number of hydrogen-bond donors (Lipinski definition) is 1. The third kappa shape index (κ3) is 6.35. The van der Waals surface area contributed by atoms with Gasteiger partial charge in [-0.25, -0.2) is 5.43 Å². The van der Waals surface area contributed by atoms with Crippen molar-refractivity contribution in [2.45, 2.75) is 5.16 Å². The molecule has 1 amide bonds. The number of hydrazone groups is 1. The van der Waals surface area contributed by atoms with E-state index in [2.05, 4.69) is 20.7 Å². The van der Waals surface area contributed by atoms with Crippen LogP contribution in [0.1, 0.15) is 5.56 Å². The maximum atomic E-state index is 12.3. The van der Waals surface area contributed by atoms with Crippen molar-refractivity contribution in [3.63, 3.8) is 0 Å². The van der Waals surface area contributed by atoms with E-state index in [0.29, 0.717) is 21.0 Å². The molecule has 0 unspecified atom stereocenters. The van der Waals surface area contributed by atoms with E-state index in [1.165, 1.54) is 18.0 Å². The van der Waals surface area contributed by atoms with Crippen LogP contribution in [0.25, 0.3) is 23.2 Å². The van der Waals surface area contributed by atoms with E-state index >= 15 is 0 Å². The van der Waals surface area contributed by atoms with Crippen molar-refractivity contribution in [2.24, 2.45) is 5.10 Å². The number of para-hydroxylation sites is 1. The largest absolute Gasteiger partial charge is 0.272 e. The van der Waals surface area contributed by atoms with Crippen molar-refractivity contribution in [2.75, 3.05) is 5.75 Å². The Morgan fingerprint density at radius 3 is 2.35 bits per heavy atom. The second-order valence-corrected chi connectivity index (χ2v) is 8.82. The van der Waals surface area contributed by atoms with Crippen LogP contribution in [0.15, 0.2) is 100 Å². The first-order chi connectivity index (χ1) is 16.6. The molecule has 6 nitrogen and oxygen atoms in total. The summed E-state index contributed by atoms with van der Waals surface area (Å²) in [6.45, 7) is 0. The molecule has 170 valence electrons. The molecule has 0 saturated heterocycles. The standard InChI is InChI=1S/C25H19Cl2N5OS/c26-20-13-11-19(12-14-20)24-30-31-25(32(24)22-9-5-2-6-10-22)34-17-23(33)29-28-16-21(27)15-18-7-3-1-4-8-18/h1-16H,17H2,(H,29,33)/b21-15-,28-16-. The number of nitrogens with one attached hydrogen (secondary N) is 1. The van der Waals surface area contributed by atoms with Crippen LogP contribution in [-0.2, 0) is 4.79 Å². The van der Waals surface area contributed by atoms with Gasteiger partial charge in [-0.05, 0) is 48.0 Å². The van der Waals surface area contributed by atoms with E-state index in [4.69, 9.17) is 23.2 Å². The summed E-state index contributed by atoms with van der Waals surface area (Å²) in [6.07, 6.45) is 3.15. The van der Waals surface area contributed by atoms with Crippen molar-refractivity contribution in [1.29, 1.82) is 0 Å². The molecule has 1 N–H and O–H groups in total. The Morgan fingerprint density at radius 1 is 0.971 bits per heavy atom. The molecule has 0 saturated carbocycles. The molecule has 0 spiro atoms. The molecule has 0 radical (unpaired) electrons. The van der Waals surface area contributed by atoms with Crippen LogP contribution in [0, 0.1) is 0 Å². The monoisotopic (exact) mass is 507 g/mol. The number of carbonyl (C=O) groups excluding carboxylic acids is 1. The summed E-state index contributed by atoms with van der Waals surface area (Å²) in [5.41, 5.74) is 5.18. The minimum Gasteiger partial charge on any atom is -0.272 e. The molecule has 0 aliphatic carbocycles. The summed E-state index contributed by atoms with van der Waals surface area (Å²) >= 11 is 13.4. The lowest BCUT2D eigenvalue weighted by atomic mass is 10.2. The van der Waals surface area contributed by atoms with E-state index in [0.717, 1.165) is 16.8 Å². The van der Waals surface area contributed by atoms with Gasteiger partial charge in [-0.2, -0.15) is 5.10 Å². The Bertz CT molecular complexity index is 1310. The molecule has 9 heteroatoms. The Hall–Kier alpha value is -3.39. The van der Waals surface area contributed by atoms with Crippen LogP contribution in [0.2, 0.25) is 5.02 Å². The van der Waals surface area contributed by atoms with Gasteiger partial charge in [0.1, 0.15) is 0 Å². The third-order valence-electron chi connectivity index (χ3n) is 4.56. The SMILES string of the molecule is O=C(CSc1nnc(-c2ccc(Cl)cc2)n1-c1ccccc1)N/N=C\C(Cl)=C\c1ccccc1. The number of rotatable bonds is 8. The highest BCUT2D eigenvalue weighted by Gasteiger charge is 2.17. The molecule has 0 atom stereocenters. The fourth-order valence-electron chi connectivity index (χ4n) is 3.03. The first-order valence-corrected chi connectivity index (χ1v) is 12.0. The van der Waals surface area contributed by atoms with Crippen LogP contribution in [-0.4, -0.2) is 32.6 Å². The normalized spacial score (nSPS) is 11.6. The number of hydrogen-bond acceptors (Lipinski definition) is 5. The Balaban J connectivity index is 1.45. The van der Waals surface area contributed by atoms with E-state index < -0.39 is 0 Å². The molecule has 0 aliphatic rings. The van der Waals surface area contributed by atoms with E-state index in [-0.39, 0.29) is 11.7 Å². The summed E-state index contributed by atoms with van der Waals surface area (Å²) in [7, 11) is 0. The van der Waals surface area contributed by atoms with Crippen molar-refractivity contribution < 1.29 is 4.79 Å². The molecular formula is C25H19Cl2N5OS. The number of halogens is 2. The average Bonchev–Trinajstić information content (AvgIpc) is 3.28. The number of allylic oxidation sites excluding steroid dienone is 1. The van der Waals surface area contributed by atoms with Crippen molar-refractivity contribution in [3.8, 4) is 17.1 Å². The van der Waals surface area contributed by atoms with Gasteiger partial charge in [0.2, 0.25) is 0 Å². The van der Waals surface area contributed by atoms with Crippen molar-refractivity contribution in [1.82, 2.24) is 20.2 Å². The first kappa shape index (κ1) is 23.8. The summed E-state index contributed by atoms with van der Waals surface area (Å²) in [6, 6.07) is 26.7. The zero-order chi connectivity index (χ0) is 23.8. The molecule has 0 bridgehead atoms. The summed E-state index contributed by atoms with van der Waals surface area (Å²) in [5, 5.41) is 14.2. The number of nitrogens with zero attached hydrogens (tertiary/aromatic N) is 4. The minimum absolute atomic E-state index is 0.100. The van der Waals surface area contributed by atoms with Gasteiger partial charge in [0.25, 0.3) is 5.91 Å². The number of benzene rings is 3. The average molecular weight is 508 g/mol. The second kappa shape index (κ2) is 11.7. The van der Waals surface area contributed by atoms with Crippen LogP contribution in [0.3, 0.4) is 0 Å². The molecular weight excluding hydrogens is 489 g/mol. The number of carbonyl (C=O) groups is 1. The lowest BCUT2D eigenvalue weighted by molar-refractivity contribution is -0.118. The van der Waals surface area contributed by atoms with Crippen LogP contribution >= 0.6 is 35.0 Å². The smallest absolute Gasteiger partial charge is 0.250 e. The van der Waals surface area contributed by atoms with Gasteiger partial charge in [0, 0.05) is 16.3 Å². The zero-order valence-corrected chi connectivity index (χ0v) is 20.1. The molecule has 4 aromatic rings. The number of thioether (sulfide) groups is 1. The molecule has 1 aromatic heterocycles. The Labute approximate surface area is 211 Å². The van der Waals surface area contributed by atoms with Gasteiger partial charge in [0.15, 0.2) is 11.0 Å². The van der Waals surface area contributed by atoms with Crippen molar-refractivity contribution >= 4 is 53.2 Å². The lowest BCUT2D eigenvalue weighted by Crippen LogP contribution is -2.19. The van der Waals surface area contributed by atoms with E-state index in [9.17, 15) is 4.79 Å². The predicted octanol–water partition coefficient (Wildman–Crippen LogP) is 6.06. The Kier molecular flexibility index (Phi) is 8.14. The fourth-order valence-corrected chi connectivity index (χ4v) is 4.08. The summed E-state index contributed by atoms with van der Waals surface area (Å²) in [4.78, 5) is 12.3. The highest BCUT2D eigenvalue weighted by Crippen LogP contribution is 2.28. The molecule has 34 heavy (non-hydrogen) atoms. The zero-order valence-electron chi connectivity index (χ0n) is 17.8. The maximum Gasteiger partial charge on any atom is 0.250 e. The molecule has 3 aromatic carbocycles. The van der Waals surface area contributed by atoms with Gasteiger partial charge in [-0.15, -0.1) is 10.2 Å². The maximum absolute atomic E-state index is 12.3. The third-order valence-corrected chi connectivity index (χ3v) is 5.95. The Morgan fingerprint density at radius 2 is 1.65 bits per heavy atom. The van der Waals surface area contributed by atoms with Gasteiger partial charge < -0.3 is 0 Å². The van der Waals surface area contributed by atoms with E-state index in [1.54, 1.807) is 18.2 Å².